The van der Waals surface area contributed by atoms with E-state index in [2.05, 4.69) is 13.8 Å². The van der Waals surface area contributed by atoms with Gasteiger partial charge < -0.3 is 10.5 Å². The lowest BCUT2D eigenvalue weighted by Crippen LogP contribution is -2.47. The lowest BCUT2D eigenvalue weighted by molar-refractivity contribution is -0.0795. The van der Waals surface area contributed by atoms with Crippen LogP contribution in [0, 0.1) is 18.2 Å². The number of benzene rings is 1. The molecule has 1 atom stereocenters. The lowest BCUT2D eigenvalue weighted by atomic mass is 9.67. The van der Waals surface area contributed by atoms with Crippen molar-refractivity contribution in [3.8, 4) is 0 Å². The summed E-state index contributed by atoms with van der Waals surface area (Å²) >= 11 is 0. The molecule has 0 saturated heterocycles. The molecule has 3 heteroatoms. The van der Waals surface area contributed by atoms with Crippen molar-refractivity contribution in [2.24, 2.45) is 11.1 Å². The van der Waals surface area contributed by atoms with Gasteiger partial charge in [-0.05, 0) is 61.3 Å². The van der Waals surface area contributed by atoms with Gasteiger partial charge in [-0.15, -0.1) is 0 Å². The summed E-state index contributed by atoms with van der Waals surface area (Å²) in [6, 6.07) is 4.55. The number of ether oxygens (including phenoxy) is 1. The predicted molar refractivity (Wildman–Crippen MR) is 80.1 cm³/mol. The van der Waals surface area contributed by atoms with Crippen molar-refractivity contribution in [3.63, 3.8) is 0 Å². The molecule has 0 amide bonds. The molecule has 1 saturated carbocycles. The fourth-order valence-electron chi connectivity index (χ4n) is 3.22. The van der Waals surface area contributed by atoms with Gasteiger partial charge in [-0.3, -0.25) is 0 Å². The molecule has 0 aromatic heterocycles. The van der Waals surface area contributed by atoms with Gasteiger partial charge >= 0.3 is 0 Å². The van der Waals surface area contributed by atoms with E-state index >= 15 is 0 Å². The van der Waals surface area contributed by atoms with Crippen LogP contribution in [0.2, 0.25) is 0 Å². The van der Waals surface area contributed by atoms with E-state index in [9.17, 15) is 4.39 Å². The van der Waals surface area contributed by atoms with Gasteiger partial charge in [0.1, 0.15) is 5.82 Å². The first kappa shape index (κ1) is 15.5. The third-order valence-corrected chi connectivity index (χ3v) is 5.00. The average molecular weight is 279 g/mol. The van der Waals surface area contributed by atoms with Crippen LogP contribution in [0.1, 0.15) is 56.7 Å². The summed E-state index contributed by atoms with van der Waals surface area (Å²) in [5, 5.41) is 0. The fraction of sp³-hybridized carbons (Fsp3) is 0.647. The molecule has 20 heavy (non-hydrogen) atoms. The predicted octanol–water partition coefficient (Wildman–Crippen LogP) is 4.12. The molecule has 112 valence electrons. The Hall–Kier alpha value is -0.930. The van der Waals surface area contributed by atoms with E-state index in [4.69, 9.17) is 10.5 Å². The van der Waals surface area contributed by atoms with Gasteiger partial charge in [-0.25, -0.2) is 4.39 Å². The molecular formula is C17H26FNO. The second kappa shape index (κ2) is 5.45. The summed E-state index contributed by atoms with van der Waals surface area (Å²) in [6.45, 7) is 6.54. The summed E-state index contributed by atoms with van der Waals surface area (Å²) < 4.78 is 19.4. The van der Waals surface area contributed by atoms with E-state index < -0.39 is 0 Å². The van der Waals surface area contributed by atoms with Gasteiger partial charge in [0.2, 0.25) is 0 Å². The standard InChI is InChI=1S/C17H26FNO/c1-12-5-6-13(18)11-14(12)15(19)17(20-4)9-7-16(2,3)8-10-17/h5-6,11,15H,7-10,19H2,1-4H3. The minimum absolute atomic E-state index is 0.233. The van der Waals surface area contributed by atoms with Crippen LogP contribution in [-0.2, 0) is 4.74 Å². The van der Waals surface area contributed by atoms with Gasteiger partial charge in [0, 0.05) is 7.11 Å². The Balaban J connectivity index is 2.30. The molecule has 0 heterocycles. The number of hydrogen-bond donors (Lipinski definition) is 1. The zero-order valence-corrected chi connectivity index (χ0v) is 13.0. The molecule has 0 radical (unpaired) electrons. The molecule has 1 unspecified atom stereocenters. The van der Waals surface area contributed by atoms with Crippen LogP contribution in [-0.4, -0.2) is 12.7 Å². The van der Waals surface area contributed by atoms with E-state index in [-0.39, 0.29) is 17.5 Å². The van der Waals surface area contributed by atoms with Gasteiger partial charge in [0.05, 0.1) is 11.6 Å². The number of halogens is 1. The maximum absolute atomic E-state index is 13.5. The highest BCUT2D eigenvalue weighted by molar-refractivity contribution is 5.31. The molecule has 2 N–H and O–H groups in total. The molecule has 0 aliphatic heterocycles. The first-order valence-electron chi connectivity index (χ1n) is 7.36. The summed E-state index contributed by atoms with van der Waals surface area (Å²) in [7, 11) is 1.73. The third kappa shape index (κ3) is 2.89. The van der Waals surface area contributed by atoms with Gasteiger partial charge in [0.15, 0.2) is 0 Å². The Labute approximate surface area is 121 Å². The van der Waals surface area contributed by atoms with Crippen LogP contribution in [0.3, 0.4) is 0 Å². The highest BCUT2D eigenvalue weighted by atomic mass is 19.1. The summed E-state index contributed by atoms with van der Waals surface area (Å²) in [5.41, 5.74) is 8.36. The summed E-state index contributed by atoms with van der Waals surface area (Å²) in [4.78, 5) is 0. The minimum atomic E-state index is -0.367. The quantitative estimate of drug-likeness (QED) is 0.903. The van der Waals surface area contributed by atoms with E-state index in [1.54, 1.807) is 19.2 Å². The molecule has 1 aromatic rings. The Kier molecular flexibility index (Phi) is 4.22. The molecule has 1 aromatic carbocycles. The van der Waals surface area contributed by atoms with E-state index in [1.165, 1.54) is 6.07 Å². The number of rotatable bonds is 3. The molecule has 2 rings (SSSR count). The second-order valence-corrected chi connectivity index (χ2v) is 6.91. The van der Waals surface area contributed by atoms with Crippen molar-refractivity contribution in [3.05, 3.63) is 35.1 Å². The van der Waals surface area contributed by atoms with Crippen LogP contribution in [0.5, 0.6) is 0 Å². The van der Waals surface area contributed by atoms with Crippen molar-refractivity contribution in [1.82, 2.24) is 0 Å². The van der Waals surface area contributed by atoms with Crippen molar-refractivity contribution in [1.29, 1.82) is 0 Å². The topological polar surface area (TPSA) is 35.2 Å². The zero-order valence-electron chi connectivity index (χ0n) is 13.0. The second-order valence-electron chi connectivity index (χ2n) is 6.91. The molecule has 0 bridgehead atoms. The van der Waals surface area contributed by atoms with E-state index in [0.29, 0.717) is 5.41 Å². The normalized spacial score (nSPS) is 22.5. The average Bonchev–Trinajstić information content (AvgIpc) is 2.41. The highest BCUT2D eigenvalue weighted by Crippen LogP contribution is 2.46. The van der Waals surface area contributed by atoms with Crippen LogP contribution in [0.15, 0.2) is 18.2 Å². The molecule has 1 aliphatic carbocycles. The largest absolute Gasteiger partial charge is 0.376 e. The van der Waals surface area contributed by atoms with Crippen LogP contribution >= 0.6 is 0 Å². The van der Waals surface area contributed by atoms with Crippen molar-refractivity contribution in [2.75, 3.05) is 7.11 Å². The molecule has 1 aliphatic rings. The SMILES string of the molecule is COC1(C(N)c2cc(F)ccc2C)CCC(C)(C)CC1. The first-order chi connectivity index (χ1) is 9.30. The first-order valence-corrected chi connectivity index (χ1v) is 7.36. The van der Waals surface area contributed by atoms with Crippen molar-refractivity contribution >= 4 is 0 Å². The van der Waals surface area contributed by atoms with Crippen LogP contribution in [0.25, 0.3) is 0 Å². The highest BCUT2D eigenvalue weighted by Gasteiger charge is 2.43. The van der Waals surface area contributed by atoms with Gasteiger partial charge in [-0.1, -0.05) is 19.9 Å². The lowest BCUT2D eigenvalue weighted by Gasteiger charge is -2.46. The van der Waals surface area contributed by atoms with Crippen LogP contribution < -0.4 is 5.73 Å². The Morgan fingerprint density at radius 3 is 2.35 bits per heavy atom. The van der Waals surface area contributed by atoms with Crippen molar-refractivity contribution < 1.29 is 9.13 Å². The minimum Gasteiger partial charge on any atom is -0.376 e. The molecule has 1 fully saturated rings. The van der Waals surface area contributed by atoms with Gasteiger partial charge in [0.25, 0.3) is 0 Å². The molecule has 2 nitrogen and oxygen atoms in total. The smallest absolute Gasteiger partial charge is 0.123 e. The number of aryl methyl sites for hydroxylation is 1. The Bertz CT molecular complexity index is 474. The third-order valence-electron chi connectivity index (χ3n) is 5.00. The fourth-order valence-corrected chi connectivity index (χ4v) is 3.22. The van der Waals surface area contributed by atoms with E-state index in [0.717, 1.165) is 36.8 Å². The number of nitrogens with two attached hydrogens (primary N) is 1. The summed E-state index contributed by atoms with van der Waals surface area (Å²) in [5.74, 6) is -0.233. The number of hydrogen-bond acceptors (Lipinski definition) is 2. The van der Waals surface area contributed by atoms with E-state index in [1.807, 2.05) is 6.92 Å². The van der Waals surface area contributed by atoms with Gasteiger partial charge in [-0.2, -0.15) is 0 Å². The molecule has 0 spiro atoms. The zero-order chi connectivity index (χ0) is 15.0. The monoisotopic (exact) mass is 279 g/mol. The maximum atomic E-state index is 13.5. The Morgan fingerprint density at radius 2 is 1.80 bits per heavy atom. The molecular weight excluding hydrogens is 253 g/mol. The maximum Gasteiger partial charge on any atom is 0.123 e. The summed E-state index contributed by atoms with van der Waals surface area (Å²) in [6.07, 6.45) is 4.02. The van der Waals surface area contributed by atoms with Crippen molar-refractivity contribution in [2.45, 2.75) is 58.1 Å². The Morgan fingerprint density at radius 1 is 1.20 bits per heavy atom. The van der Waals surface area contributed by atoms with Crippen LogP contribution in [0.4, 0.5) is 4.39 Å². The number of methoxy groups -OCH3 is 1.